The Morgan fingerprint density at radius 3 is 3.08 bits per heavy atom. The normalized spacial score (nSPS) is 23.8. The van der Waals surface area contributed by atoms with Gasteiger partial charge in [-0.2, -0.15) is 0 Å². The highest BCUT2D eigenvalue weighted by Gasteiger charge is 2.19. The second kappa shape index (κ2) is 5.02. The molecule has 1 rings (SSSR count). The van der Waals surface area contributed by atoms with Gasteiger partial charge in [0.2, 0.25) is 5.91 Å². The van der Waals surface area contributed by atoms with Crippen LogP contribution in [0.15, 0.2) is 12.2 Å². The van der Waals surface area contributed by atoms with E-state index in [-0.39, 0.29) is 11.9 Å². The Kier molecular flexibility index (Phi) is 3.96. The van der Waals surface area contributed by atoms with Crippen LogP contribution in [0.4, 0.5) is 0 Å². The van der Waals surface area contributed by atoms with Gasteiger partial charge in [0.05, 0.1) is 0 Å². The molecule has 1 fully saturated rings. The minimum absolute atomic E-state index is 0.184. The molecular formula is C10H18N2O. The number of nitrogens with two attached hydrogens (primary N) is 1. The van der Waals surface area contributed by atoms with Gasteiger partial charge in [0, 0.05) is 25.6 Å². The monoisotopic (exact) mass is 182 g/mol. The number of amides is 1. The average molecular weight is 182 g/mol. The maximum absolute atomic E-state index is 11.5. The van der Waals surface area contributed by atoms with E-state index in [4.69, 9.17) is 5.73 Å². The molecule has 74 valence electrons. The van der Waals surface area contributed by atoms with Crippen molar-refractivity contribution in [3.63, 3.8) is 0 Å². The molecule has 0 saturated carbocycles. The van der Waals surface area contributed by atoms with Gasteiger partial charge >= 0.3 is 0 Å². The molecule has 2 N–H and O–H groups in total. The highest BCUT2D eigenvalue weighted by atomic mass is 16.2. The molecule has 1 atom stereocenters. The van der Waals surface area contributed by atoms with Gasteiger partial charge in [-0.25, -0.2) is 0 Å². The third-order valence-corrected chi connectivity index (χ3v) is 2.34. The van der Waals surface area contributed by atoms with E-state index in [9.17, 15) is 4.79 Å². The molecular weight excluding hydrogens is 164 g/mol. The van der Waals surface area contributed by atoms with Gasteiger partial charge in [0.1, 0.15) is 0 Å². The summed E-state index contributed by atoms with van der Waals surface area (Å²) in [6, 6.07) is 0.184. The summed E-state index contributed by atoms with van der Waals surface area (Å²) < 4.78 is 0. The van der Waals surface area contributed by atoms with E-state index < -0.39 is 0 Å². The number of hydrogen-bond donors (Lipinski definition) is 1. The number of rotatable bonds is 2. The van der Waals surface area contributed by atoms with Crippen LogP contribution in [0.5, 0.6) is 0 Å². The summed E-state index contributed by atoms with van der Waals surface area (Å²) in [6.07, 6.45) is 6.41. The van der Waals surface area contributed by atoms with Crippen molar-refractivity contribution in [2.75, 3.05) is 13.1 Å². The van der Waals surface area contributed by atoms with Crippen molar-refractivity contribution in [1.82, 2.24) is 4.90 Å². The van der Waals surface area contributed by atoms with Crippen molar-refractivity contribution in [2.24, 2.45) is 5.73 Å². The fourth-order valence-electron chi connectivity index (χ4n) is 1.58. The molecule has 0 radical (unpaired) electrons. The van der Waals surface area contributed by atoms with Gasteiger partial charge in [0.15, 0.2) is 0 Å². The molecule has 0 aromatic heterocycles. The van der Waals surface area contributed by atoms with E-state index in [0.717, 1.165) is 25.9 Å². The van der Waals surface area contributed by atoms with Gasteiger partial charge < -0.3 is 10.6 Å². The SMILES string of the molecule is C/C=C/CC(=O)N1CCCC(N)C1. The standard InChI is InChI=1S/C10H18N2O/c1-2-3-6-10(13)12-7-4-5-9(11)8-12/h2-3,9H,4-8,11H2,1H3/b3-2+. The summed E-state index contributed by atoms with van der Waals surface area (Å²) in [7, 11) is 0. The van der Waals surface area contributed by atoms with Crippen LogP contribution in [0, 0.1) is 0 Å². The molecule has 1 amide bonds. The van der Waals surface area contributed by atoms with Crippen molar-refractivity contribution in [3.05, 3.63) is 12.2 Å². The molecule has 1 aliphatic rings. The topological polar surface area (TPSA) is 46.3 Å². The van der Waals surface area contributed by atoms with Crippen LogP contribution < -0.4 is 5.73 Å². The van der Waals surface area contributed by atoms with Gasteiger partial charge in [-0.05, 0) is 19.8 Å². The Hall–Kier alpha value is -0.830. The van der Waals surface area contributed by atoms with Crippen LogP contribution >= 0.6 is 0 Å². The van der Waals surface area contributed by atoms with Crippen molar-refractivity contribution in [1.29, 1.82) is 0 Å². The fourth-order valence-corrected chi connectivity index (χ4v) is 1.58. The third-order valence-electron chi connectivity index (χ3n) is 2.34. The van der Waals surface area contributed by atoms with E-state index in [2.05, 4.69) is 0 Å². The highest BCUT2D eigenvalue weighted by molar-refractivity contribution is 5.77. The maximum Gasteiger partial charge on any atom is 0.226 e. The number of nitrogens with zero attached hydrogens (tertiary/aromatic N) is 1. The molecule has 1 saturated heterocycles. The molecule has 0 aromatic carbocycles. The lowest BCUT2D eigenvalue weighted by molar-refractivity contribution is -0.131. The predicted molar refractivity (Wildman–Crippen MR) is 53.2 cm³/mol. The van der Waals surface area contributed by atoms with E-state index in [1.165, 1.54) is 0 Å². The minimum Gasteiger partial charge on any atom is -0.341 e. The number of piperidine rings is 1. The van der Waals surface area contributed by atoms with E-state index >= 15 is 0 Å². The second-order valence-electron chi connectivity index (χ2n) is 3.52. The molecule has 0 aliphatic carbocycles. The summed E-state index contributed by atoms with van der Waals surface area (Å²) in [5.74, 6) is 0.202. The lowest BCUT2D eigenvalue weighted by Gasteiger charge is -2.30. The summed E-state index contributed by atoms with van der Waals surface area (Å²) in [5.41, 5.74) is 5.78. The Morgan fingerprint density at radius 1 is 1.69 bits per heavy atom. The van der Waals surface area contributed by atoms with Crippen LogP contribution in [-0.2, 0) is 4.79 Å². The molecule has 1 aliphatic heterocycles. The Morgan fingerprint density at radius 2 is 2.46 bits per heavy atom. The molecule has 13 heavy (non-hydrogen) atoms. The summed E-state index contributed by atoms with van der Waals surface area (Å²) in [4.78, 5) is 13.4. The van der Waals surface area contributed by atoms with Crippen LogP contribution in [0.2, 0.25) is 0 Å². The van der Waals surface area contributed by atoms with Gasteiger partial charge in [0.25, 0.3) is 0 Å². The second-order valence-corrected chi connectivity index (χ2v) is 3.52. The van der Waals surface area contributed by atoms with Crippen LogP contribution in [-0.4, -0.2) is 29.9 Å². The van der Waals surface area contributed by atoms with Crippen molar-refractivity contribution in [3.8, 4) is 0 Å². The number of hydrogen-bond acceptors (Lipinski definition) is 2. The summed E-state index contributed by atoms with van der Waals surface area (Å²) >= 11 is 0. The van der Waals surface area contributed by atoms with Crippen molar-refractivity contribution >= 4 is 5.91 Å². The van der Waals surface area contributed by atoms with E-state index in [0.29, 0.717) is 6.42 Å². The largest absolute Gasteiger partial charge is 0.341 e. The number of likely N-dealkylation sites (tertiary alicyclic amines) is 1. The Labute approximate surface area is 79.6 Å². The lowest BCUT2D eigenvalue weighted by Crippen LogP contribution is -2.45. The lowest BCUT2D eigenvalue weighted by atomic mass is 10.1. The number of carbonyl (C=O) groups excluding carboxylic acids is 1. The smallest absolute Gasteiger partial charge is 0.226 e. The zero-order valence-corrected chi connectivity index (χ0v) is 8.20. The van der Waals surface area contributed by atoms with Crippen LogP contribution in [0.3, 0.4) is 0 Å². The first kappa shape index (κ1) is 10.3. The first-order chi connectivity index (χ1) is 6.24. The molecule has 0 bridgehead atoms. The highest BCUT2D eigenvalue weighted by Crippen LogP contribution is 2.09. The molecule has 1 heterocycles. The zero-order valence-electron chi connectivity index (χ0n) is 8.20. The quantitative estimate of drug-likeness (QED) is 0.645. The minimum atomic E-state index is 0.184. The Bertz CT molecular complexity index is 201. The number of allylic oxidation sites excluding steroid dienone is 1. The average Bonchev–Trinajstić information content (AvgIpc) is 2.14. The Balaban J connectivity index is 2.37. The van der Waals surface area contributed by atoms with Gasteiger partial charge in [-0.15, -0.1) is 0 Å². The molecule has 3 nitrogen and oxygen atoms in total. The van der Waals surface area contributed by atoms with Crippen LogP contribution in [0.1, 0.15) is 26.2 Å². The predicted octanol–water partition coefficient (Wildman–Crippen LogP) is 0.902. The van der Waals surface area contributed by atoms with Crippen molar-refractivity contribution in [2.45, 2.75) is 32.2 Å². The van der Waals surface area contributed by atoms with Gasteiger partial charge in [-0.1, -0.05) is 12.2 Å². The first-order valence-corrected chi connectivity index (χ1v) is 4.88. The zero-order chi connectivity index (χ0) is 9.68. The van der Waals surface area contributed by atoms with Crippen LogP contribution in [0.25, 0.3) is 0 Å². The third kappa shape index (κ3) is 3.19. The van der Waals surface area contributed by atoms with Crippen molar-refractivity contribution < 1.29 is 4.79 Å². The molecule has 1 unspecified atom stereocenters. The van der Waals surface area contributed by atoms with E-state index in [1.807, 2.05) is 24.0 Å². The first-order valence-electron chi connectivity index (χ1n) is 4.88. The molecule has 3 heteroatoms. The molecule has 0 aromatic rings. The van der Waals surface area contributed by atoms with E-state index in [1.54, 1.807) is 0 Å². The summed E-state index contributed by atoms with van der Waals surface area (Å²) in [6.45, 7) is 3.54. The summed E-state index contributed by atoms with van der Waals surface area (Å²) in [5, 5.41) is 0. The number of carbonyl (C=O) groups is 1. The maximum atomic E-state index is 11.5. The fraction of sp³-hybridized carbons (Fsp3) is 0.700. The van der Waals surface area contributed by atoms with Gasteiger partial charge in [-0.3, -0.25) is 4.79 Å². The molecule has 0 spiro atoms.